The van der Waals surface area contributed by atoms with E-state index in [4.69, 9.17) is 5.73 Å². The summed E-state index contributed by atoms with van der Waals surface area (Å²) in [4.78, 5) is 14.5. The third-order valence-electron chi connectivity index (χ3n) is 1.14. The minimum atomic E-state index is -0.359. The fraction of sp³-hybridized carbons (Fsp3) is 0.143. The van der Waals surface area contributed by atoms with Crippen molar-refractivity contribution in [1.82, 2.24) is 4.98 Å². The largest absolute Gasteiger partial charge is 0.394 e. The molecular weight excluding hydrogens is 128 g/mol. The van der Waals surface area contributed by atoms with Gasteiger partial charge in [-0.1, -0.05) is 6.07 Å². The Morgan fingerprint density at radius 1 is 1.50 bits per heavy atom. The normalized spacial score (nSPS) is 9.30. The van der Waals surface area contributed by atoms with Crippen molar-refractivity contribution in [3.05, 3.63) is 34.2 Å². The molecule has 0 aliphatic carbocycles. The van der Waals surface area contributed by atoms with Crippen molar-refractivity contribution >= 4 is 5.69 Å². The van der Waals surface area contributed by atoms with E-state index in [0.717, 1.165) is 0 Å². The monoisotopic (exact) mass is 136 g/mol. The van der Waals surface area contributed by atoms with E-state index in [-0.39, 0.29) is 11.2 Å². The molecule has 0 amide bonds. The molecule has 52 valence electrons. The van der Waals surface area contributed by atoms with E-state index >= 15 is 0 Å². The van der Waals surface area contributed by atoms with Gasteiger partial charge in [-0.25, -0.2) is 4.98 Å². The molecule has 3 nitrogen and oxygen atoms in total. The van der Waals surface area contributed by atoms with Gasteiger partial charge in [0.15, 0.2) is 0 Å². The molecule has 1 rings (SSSR count). The average Bonchev–Trinajstić information content (AvgIpc) is 1.96. The minimum absolute atomic E-state index is 0.188. The van der Waals surface area contributed by atoms with Crippen molar-refractivity contribution in [2.24, 2.45) is 0 Å². The topological polar surface area (TPSA) is 56.0 Å². The number of hydrogen-bond donors (Lipinski definition) is 1. The zero-order chi connectivity index (χ0) is 7.56. The van der Waals surface area contributed by atoms with Crippen LogP contribution < -0.4 is 11.3 Å². The van der Waals surface area contributed by atoms with Crippen LogP contribution in [0.3, 0.4) is 0 Å². The zero-order valence-electron chi connectivity index (χ0n) is 5.66. The Morgan fingerprint density at radius 2 is 2.20 bits per heavy atom. The summed E-state index contributed by atoms with van der Waals surface area (Å²) in [7, 11) is 0. The lowest BCUT2D eigenvalue weighted by Crippen LogP contribution is -2.08. The first-order chi connectivity index (χ1) is 4.70. The van der Waals surface area contributed by atoms with E-state index in [2.05, 4.69) is 4.98 Å². The van der Waals surface area contributed by atoms with Gasteiger partial charge in [0.2, 0.25) is 0 Å². The van der Waals surface area contributed by atoms with Crippen molar-refractivity contribution < 1.29 is 0 Å². The molecule has 0 saturated heterocycles. The molecule has 1 heterocycles. The van der Waals surface area contributed by atoms with Crippen molar-refractivity contribution in [2.75, 3.05) is 5.73 Å². The highest BCUT2D eigenvalue weighted by atomic mass is 16.1. The quantitative estimate of drug-likeness (QED) is 0.559. The van der Waals surface area contributed by atoms with Crippen molar-refractivity contribution in [3.63, 3.8) is 0 Å². The van der Waals surface area contributed by atoms with E-state index < -0.39 is 0 Å². The van der Waals surface area contributed by atoms with Gasteiger partial charge in [0.05, 0.1) is 5.69 Å². The van der Waals surface area contributed by atoms with Gasteiger partial charge < -0.3 is 5.73 Å². The van der Waals surface area contributed by atoms with Crippen LogP contribution >= 0.6 is 0 Å². The first kappa shape index (κ1) is 6.74. The second-order valence-electron chi connectivity index (χ2n) is 2.04. The summed E-state index contributed by atoms with van der Waals surface area (Å²) in [5.74, 6) is 0. The van der Waals surface area contributed by atoms with E-state index in [0.29, 0.717) is 5.69 Å². The summed E-state index contributed by atoms with van der Waals surface area (Å²) in [6.45, 7) is 1.75. The fourth-order valence-electron chi connectivity index (χ4n) is 0.624. The zero-order valence-corrected chi connectivity index (χ0v) is 5.66. The molecule has 10 heavy (non-hydrogen) atoms. The molecule has 0 unspecified atom stereocenters. The Labute approximate surface area is 58.5 Å². The van der Waals surface area contributed by atoms with Crippen LogP contribution in [-0.2, 0) is 0 Å². The summed E-state index contributed by atoms with van der Waals surface area (Å²) in [5.41, 5.74) is 5.81. The van der Waals surface area contributed by atoms with Gasteiger partial charge in [-0.05, 0) is 19.1 Å². The third-order valence-corrected chi connectivity index (χ3v) is 1.14. The van der Waals surface area contributed by atoms with Crippen molar-refractivity contribution in [3.8, 4) is 0 Å². The molecule has 2 N–H and O–H groups in total. The summed E-state index contributed by atoms with van der Waals surface area (Å²) in [5, 5.41) is 0. The van der Waals surface area contributed by atoms with Crippen LogP contribution in [0.4, 0.5) is 5.69 Å². The number of hydrogen-bond acceptors (Lipinski definition) is 3. The van der Waals surface area contributed by atoms with Crippen LogP contribution in [0.1, 0.15) is 5.69 Å². The van der Waals surface area contributed by atoms with Crippen LogP contribution in [0, 0.1) is 6.92 Å². The molecule has 0 spiro atoms. The van der Waals surface area contributed by atoms with Crippen LogP contribution in [-0.4, -0.2) is 4.98 Å². The lowest BCUT2D eigenvalue weighted by molar-refractivity contribution is 1.17. The maximum Gasteiger partial charge on any atom is 0.293 e. The van der Waals surface area contributed by atoms with Crippen molar-refractivity contribution in [1.29, 1.82) is 0 Å². The third kappa shape index (κ3) is 1.31. The van der Waals surface area contributed by atoms with Gasteiger partial charge in [-0.3, -0.25) is 4.79 Å². The molecule has 0 fully saturated rings. The molecule has 3 heteroatoms. The maximum absolute atomic E-state index is 10.8. The lowest BCUT2D eigenvalue weighted by atomic mass is 10.4. The molecule has 0 aromatic carbocycles. The molecule has 0 bridgehead atoms. The second-order valence-corrected chi connectivity index (χ2v) is 2.04. The molecule has 0 radical (unpaired) electrons. The predicted octanol–water partition coefficient (Wildman–Crippen LogP) is 0.332. The molecule has 0 atom stereocenters. The Kier molecular flexibility index (Phi) is 1.67. The highest BCUT2D eigenvalue weighted by molar-refractivity contribution is 5.33. The standard InChI is InChI=1S/C7H8N2O/c1-5-3-2-4-6(8)7(10)9-5/h2-4H,1H3,(H2,8,9,10). The van der Waals surface area contributed by atoms with Gasteiger partial charge >= 0.3 is 0 Å². The first-order valence-corrected chi connectivity index (χ1v) is 2.93. The number of nitrogens with zero attached hydrogens (tertiary/aromatic N) is 1. The highest BCUT2D eigenvalue weighted by Gasteiger charge is 1.89. The Balaban J connectivity index is 3.46. The van der Waals surface area contributed by atoms with Gasteiger partial charge in [0.25, 0.3) is 5.56 Å². The van der Waals surface area contributed by atoms with E-state index in [9.17, 15) is 4.79 Å². The van der Waals surface area contributed by atoms with Crippen LogP contribution in [0.25, 0.3) is 0 Å². The number of anilines is 1. The lowest BCUT2D eigenvalue weighted by Gasteiger charge is -1.77. The molecule has 0 aliphatic rings. The number of nitrogens with two attached hydrogens (primary N) is 1. The van der Waals surface area contributed by atoms with Crippen LogP contribution in [0.2, 0.25) is 0 Å². The van der Waals surface area contributed by atoms with E-state index in [1.165, 1.54) is 0 Å². The smallest absolute Gasteiger partial charge is 0.293 e. The predicted molar refractivity (Wildman–Crippen MR) is 39.7 cm³/mol. The number of aromatic nitrogens is 1. The maximum atomic E-state index is 10.8. The molecule has 1 aromatic heterocycles. The Hall–Kier alpha value is -1.38. The molecule has 0 aliphatic heterocycles. The summed E-state index contributed by atoms with van der Waals surface area (Å²) < 4.78 is 0. The first-order valence-electron chi connectivity index (χ1n) is 2.93. The van der Waals surface area contributed by atoms with Crippen LogP contribution in [0.5, 0.6) is 0 Å². The molecule has 1 aromatic rings. The number of rotatable bonds is 0. The summed E-state index contributed by atoms with van der Waals surface area (Å²) in [6.07, 6.45) is 0. The van der Waals surface area contributed by atoms with Gasteiger partial charge in [0, 0.05) is 5.69 Å². The summed E-state index contributed by atoms with van der Waals surface area (Å²) in [6, 6.07) is 4.99. The molecular formula is C7H8N2O. The fourth-order valence-corrected chi connectivity index (χ4v) is 0.624. The number of nitrogen functional groups attached to an aromatic ring is 1. The van der Waals surface area contributed by atoms with E-state index in [1.807, 2.05) is 0 Å². The van der Waals surface area contributed by atoms with Crippen LogP contribution in [0.15, 0.2) is 23.0 Å². The SMILES string of the molecule is Cc1cccc(N)c(=O)n1. The molecule has 0 saturated carbocycles. The Bertz CT molecular complexity index is 296. The van der Waals surface area contributed by atoms with Gasteiger partial charge in [-0.15, -0.1) is 0 Å². The second kappa shape index (κ2) is 2.47. The Morgan fingerprint density at radius 3 is 2.90 bits per heavy atom. The van der Waals surface area contributed by atoms with Gasteiger partial charge in [0.1, 0.15) is 0 Å². The average molecular weight is 136 g/mol. The van der Waals surface area contributed by atoms with Gasteiger partial charge in [-0.2, -0.15) is 0 Å². The number of aryl methyl sites for hydroxylation is 1. The van der Waals surface area contributed by atoms with Crippen molar-refractivity contribution in [2.45, 2.75) is 6.92 Å². The highest BCUT2D eigenvalue weighted by Crippen LogP contribution is 1.90. The van der Waals surface area contributed by atoms with E-state index in [1.54, 1.807) is 25.1 Å². The summed E-state index contributed by atoms with van der Waals surface area (Å²) >= 11 is 0. The minimum Gasteiger partial charge on any atom is -0.394 e.